The number of ether oxygens (including phenoxy) is 8. The molecule has 19 nitrogen and oxygen atoms in total. The van der Waals surface area contributed by atoms with Crippen molar-refractivity contribution in [1.29, 1.82) is 0 Å². The van der Waals surface area contributed by atoms with Gasteiger partial charge < -0.3 is 52.5 Å². The van der Waals surface area contributed by atoms with Crippen LogP contribution in [-0.4, -0.2) is 124 Å². The molecule has 2 saturated carbocycles. The Morgan fingerprint density at radius 2 is 1.52 bits per heavy atom. The third-order valence-electron chi connectivity index (χ3n) is 11.9. The molecular formula is C39H45NO18. The van der Waals surface area contributed by atoms with Crippen molar-refractivity contribution in [3.8, 4) is 0 Å². The van der Waals surface area contributed by atoms with Crippen molar-refractivity contribution >= 4 is 41.8 Å². The molecule has 2 N–H and O–H groups in total. The van der Waals surface area contributed by atoms with Crippen LogP contribution in [0.15, 0.2) is 41.3 Å². The lowest BCUT2D eigenvalue weighted by molar-refractivity contribution is -0.386. The quantitative estimate of drug-likeness (QED) is 0.295. The molecule has 0 amide bonds. The van der Waals surface area contributed by atoms with Crippen molar-refractivity contribution in [3.63, 3.8) is 0 Å². The molecule has 1 saturated heterocycles. The lowest BCUT2D eigenvalue weighted by atomic mass is 9.45. The van der Waals surface area contributed by atoms with Gasteiger partial charge in [-0.15, -0.1) is 0 Å². The van der Waals surface area contributed by atoms with Crippen LogP contribution in [0.4, 0.5) is 0 Å². The summed E-state index contributed by atoms with van der Waals surface area (Å²) in [6.07, 6.45) is -8.76. The zero-order valence-electron chi connectivity index (χ0n) is 32.9. The minimum absolute atomic E-state index is 0.0393. The molecule has 13 unspecified atom stereocenters. The molecule has 1 spiro atoms. The van der Waals surface area contributed by atoms with Crippen molar-refractivity contribution in [2.75, 3.05) is 13.2 Å². The third-order valence-corrected chi connectivity index (χ3v) is 11.9. The number of hydrogen-bond acceptors (Lipinski definition) is 19. The van der Waals surface area contributed by atoms with Crippen LogP contribution < -0.4 is 0 Å². The molecule has 0 aromatic carbocycles. The molecule has 4 heterocycles. The van der Waals surface area contributed by atoms with Crippen molar-refractivity contribution in [3.05, 3.63) is 53.7 Å². The predicted molar refractivity (Wildman–Crippen MR) is 188 cm³/mol. The molecule has 13 atom stereocenters. The highest BCUT2D eigenvalue weighted by molar-refractivity contribution is 5.91. The Kier molecular flexibility index (Phi) is 11.0. The Labute approximate surface area is 331 Å². The van der Waals surface area contributed by atoms with E-state index in [0.29, 0.717) is 0 Å². The number of nitrogens with zero attached hydrogens (tertiary/aromatic N) is 1. The zero-order valence-corrected chi connectivity index (χ0v) is 32.9. The number of cyclic esters (lactones) is 1. The number of furan rings is 1. The molecule has 3 fully saturated rings. The summed E-state index contributed by atoms with van der Waals surface area (Å²) >= 11 is 0. The monoisotopic (exact) mass is 815 g/mol. The summed E-state index contributed by atoms with van der Waals surface area (Å²) in [5.41, 5.74) is -10.4. The van der Waals surface area contributed by atoms with Crippen LogP contribution in [0.3, 0.4) is 0 Å². The van der Waals surface area contributed by atoms with Crippen LogP contribution in [0.5, 0.6) is 0 Å². The fourth-order valence-electron chi connectivity index (χ4n) is 9.34. The van der Waals surface area contributed by atoms with E-state index in [1.54, 1.807) is 6.92 Å². The Morgan fingerprint density at radius 3 is 2.10 bits per heavy atom. The highest BCUT2D eigenvalue weighted by atomic mass is 16.7. The topological polar surface area (TPSA) is 260 Å². The Hall–Kier alpha value is -5.40. The van der Waals surface area contributed by atoms with Gasteiger partial charge in [-0.2, -0.15) is 0 Å². The number of carbonyl (C=O) groups excluding carboxylic acids is 7. The van der Waals surface area contributed by atoms with E-state index in [0.717, 1.165) is 47.1 Å². The molecule has 2 aliphatic heterocycles. The Morgan fingerprint density at radius 1 is 0.879 bits per heavy atom. The molecule has 2 aromatic heterocycles. The first-order valence-corrected chi connectivity index (χ1v) is 18.5. The summed E-state index contributed by atoms with van der Waals surface area (Å²) < 4.78 is 53.3. The van der Waals surface area contributed by atoms with Crippen LogP contribution in [0, 0.1) is 17.3 Å². The fourth-order valence-corrected chi connectivity index (χ4v) is 9.34. The van der Waals surface area contributed by atoms with Gasteiger partial charge in [0.25, 0.3) is 0 Å². The highest BCUT2D eigenvalue weighted by Crippen LogP contribution is 2.69. The van der Waals surface area contributed by atoms with E-state index in [-0.39, 0.29) is 16.8 Å². The first-order valence-electron chi connectivity index (χ1n) is 18.5. The Bertz CT molecular complexity index is 2000. The highest BCUT2D eigenvalue weighted by Gasteiger charge is 2.91. The van der Waals surface area contributed by atoms with Crippen molar-refractivity contribution in [1.82, 2.24) is 4.98 Å². The number of aliphatic hydroxyl groups excluding tert-OH is 1. The number of carbonyl (C=O) groups is 7. The smallest absolute Gasteiger partial charge is 0.341 e. The van der Waals surface area contributed by atoms with Crippen LogP contribution in [0.1, 0.15) is 87.7 Å². The minimum Gasteiger partial charge on any atom is -0.472 e. The number of hydrogen-bond donors (Lipinski definition) is 2. The number of rotatable bonds is 7. The summed E-state index contributed by atoms with van der Waals surface area (Å²) in [5.74, 6) is -10.8. The van der Waals surface area contributed by atoms with Crippen LogP contribution in [-0.2, 0) is 61.9 Å². The zero-order chi connectivity index (χ0) is 42.7. The van der Waals surface area contributed by atoms with E-state index in [2.05, 4.69) is 4.98 Å². The summed E-state index contributed by atoms with van der Waals surface area (Å²) in [4.78, 5) is 98.8. The molecule has 4 aliphatic rings. The maximum atomic E-state index is 14.4. The van der Waals surface area contributed by atoms with Gasteiger partial charge >= 0.3 is 41.8 Å². The van der Waals surface area contributed by atoms with Gasteiger partial charge in [-0.05, 0) is 32.0 Å². The molecule has 2 aliphatic carbocycles. The number of esters is 7. The second-order valence-corrected chi connectivity index (χ2v) is 15.6. The van der Waals surface area contributed by atoms with E-state index in [9.17, 15) is 43.8 Å². The minimum atomic E-state index is -2.84. The lowest BCUT2D eigenvalue weighted by Gasteiger charge is -2.67. The lowest BCUT2D eigenvalue weighted by Crippen LogP contribution is -2.89. The molecule has 4 bridgehead atoms. The summed E-state index contributed by atoms with van der Waals surface area (Å²) in [6.45, 7) is 7.64. The maximum absolute atomic E-state index is 14.4. The Balaban J connectivity index is 1.74. The van der Waals surface area contributed by atoms with Crippen LogP contribution >= 0.6 is 0 Å². The molecule has 2 aromatic rings. The average Bonchev–Trinajstić information content (AvgIpc) is 3.75. The summed E-state index contributed by atoms with van der Waals surface area (Å²) in [5, 5.41) is 26.2. The van der Waals surface area contributed by atoms with Crippen LogP contribution in [0.2, 0.25) is 0 Å². The van der Waals surface area contributed by atoms with Crippen molar-refractivity contribution in [2.24, 2.45) is 17.3 Å². The number of aliphatic hydroxyl groups is 2. The molecule has 19 heteroatoms. The molecule has 58 heavy (non-hydrogen) atoms. The summed E-state index contributed by atoms with van der Waals surface area (Å²) in [7, 11) is 0. The normalized spacial score (nSPS) is 37.9. The van der Waals surface area contributed by atoms with Gasteiger partial charge in [0.1, 0.15) is 47.8 Å². The van der Waals surface area contributed by atoms with E-state index in [1.165, 1.54) is 38.2 Å². The number of fused-ring (bicyclic) bond motifs is 5. The van der Waals surface area contributed by atoms with E-state index >= 15 is 0 Å². The first-order chi connectivity index (χ1) is 27.1. The van der Waals surface area contributed by atoms with Gasteiger partial charge in [0.05, 0.1) is 41.0 Å². The molecule has 314 valence electrons. The number of aromatic nitrogens is 1. The standard InChI is InChI=1S/C39H45NO18/c1-17-18(2)33(46)57-30-28(56-34(47)23-11-13-50-14-23)32(55-22(6)44)38(16-51-19(3)41)31(54-21(5)43)27(53-20(4)42)25-29(45)39(38,37(30,8)49)58-36(25,7)15-52-35(48)24-10-9-12-40-26(17)24/h9-14,17-18,25,27-32,45,49H,15-16H2,1-8H3. The SMILES string of the molecule is CC(=O)OCC12C(OC(C)=O)C(OC(C)=O)C3C(O)C14OC3(C)COC(=O)c1cccnc1C(C)C(C)C(=O)OC(C(OC(=O)c1ccoc1)C2OC(C)=O)C4(C)O. The van der Waals surface area contributed by atoms with Gasteiger partial charge in [-0.1, -0.05) is 13.8 Å². The molecule has 0 radical (unpaired) electrons. The van der Waals surface area contributed by atoms with Gasteiger partial charge in [0.2, 0.25) is 0 Å². The first kappa shape index (κ1) is 42.2. The fraction of sp³-hybridized carbons (Fsp3) is 0.590. The van der Waals surface area contributed by atoms with Crippen molar-refractivity contribution < 1.29 is 86.1 Å². The second-order valence-electron chi connectivity index (χ2n) is 15.6. The second kappa shape index (κ2) is 15.1. The maximum Gasteiger partial charge on any atom is 0.341 e. The van der Waals surface area contributed by atoms with Crippen LogP contribution in [0.25, 0.3) is 0 Å². The predicted octanol–water partition coefficient (Wildman–Crippen LogP) is 1.35. The molecular weight excluding hydrogens is 770 g/mol. The van der Waals surface area contributed by atoms with Crippen molar-refractivity contribution in [2.45, 2.75) is 115 Å². The van der Waals surface area contributed by atoms with E-state index in [1.807, 2.05) is 0 Å². The number of pyridine rings is 1. The van der Waals surface area contributed by atoms with Gasteiger partial charge in [-0.25, -0.2) is 9.59 Å². The average molecular weight is 816 g/mol. The van der Waals surface area contributed by atoms with Gasteiger partial charge in [0.15, 0.2) is 24.4 Å². The van der Waals surface area contributed by atoms with Gasteiger partial charge in [-0.3, -0.25) is 29.0 Å². The summed E-state index contributed by atoms with van der Waals surface area (Å²) in [6, 6.07) is 4.13. The largest absolute Gasteiger partial charge is 0.472 e. The van der Waals surface area contributed by atoms with E-state index < -0.39 is 132 Å². The third kappa shape index (κ3) is 6.48. The van der Waals surface area contributed by atoms with Gasteiger partial charge in [0, 0.05) is 39.8 Å². The van der Waals surface area contributed by atoms with E-state index in [4.69, 9.17) is 42.3 Å². The molecule has 6 rings (SSSR count).